The number of anilines is 1. The van der Waals surface area contributed by atoms with Gasteiger partial charge in [-0.05, 0) is 31.6 Å². The van der Waals surface area contributed by atoms with E-state index in [1.54, 1.807) is 7.11 Å². The van der Waals surface area contributed by atoms with Crippen molar-refractivity contribution in [2.24, 2.45) is 11.8 Å². The number of hydrogen-bond donors (Lipinski definition) is 2. The molecule has 1 fully saturated rings. The third-order valence-corrected chi connectivity index (χ3v) is 3.43. The van der Waals surface area contributed by atoms with Crippen molar-refractivity contribution in [1.82, 2.24) is 9.97 Å². The average Bonchev–Trinajstić information content (AvgIpc) is 3.13. The van der Waals surface area contributed by atoms with Crippen molar-refractivity contribution in [3.05, 3.63) is 17.1 Å². The first-order valence-corrected chi connectivity index (χ1v) is 6.46. The van der Waals surface area contributed by atoms with Crippen LogP contribution in [0.4, 0.5) is 5.82 Å². The van der Waals surface area contributed by atoms with Crippen molar-refractivity contribution in [2.45, 2.75) is 45.6 Å². The SMILES string of the molecule is COC(c1nc(C)c(C(C)C)c(NN)n1)C1CC1. The zero-order valence-corrected chi connectivity index (χ0v) is 11.5. The van der Waals surface area contributed by atoms with E-state index in [4.69, 9.17) is 10.6 Å². The number of ether oxygens (including phenoxy) is 1. The number of nitrogens with one attached hydrogen (secondary N) is 1. The Kier molecular flexibility index (Phi) is 3.82. The molecule has 1 saturated carbocycles. The molecule has 0 aromatic carbocycles. The summed E-state index contributed by atoms with van der Waals surface area (Å²) in [6, 6.07) is 0. The number of hydrogen-bond acceptors (Lipinski definition) is 5. The van der Waals surface area contributed by atoms with Crippen molar-refractivity contribution < 1.29 is 4.74 Å². The molecule has 100 valence electrons. The summed E-state index contributed by atoms with van der Waals surface area (Å²) in [6.07, 6.45) is 2.38. The van der Waals surface area contributed by atoms with Crippen molar-refractivity contribution in [2.75, 3.05) is 12.5 Å². The van der Waals surface area contributed by atoms with Crippen LogP contribution in [0.25, 0.3) is 0 Å². The Hall–Kier alpha value is -1.20. The molecule has 2 rings (SSSR count). The fourth-order valence-corrected chi connectivity index (χ4v) is 2.44. The zero-order chi connectivity index (χ0) is 13.3. The van der Waals surface area contributed by atoms with Crippen LogP contribution >= 0.6 is 0 Å². The van der Waals surface area contributed by atoms with E-state index in [9.17, 15) is 0 Å². The number of rotatable bonds is 5. The molecule has 0 saturated heterocycles. The fraction of sp³-hybridized carbons (Fsp3) is 0.692. The summed E-state index contributed by atoms with van der Waals surface area (Å²) in [7, 11) is 1.72. The summed E-state index contributed by atoms with van der Waals surface area (Å²) in [4.78, 5) is 9.14. The molecule has 0 aliphatic heterocycles. The lowest BCUT2D eigenvalue weighted by Gasteiger charge is -2.19. The Balaban J connectivity index is 2.41. The lowest BCUT2D eigenvalue weighted by molar-refractivity contribution is 0.0771. The van der Waals surface area contributed by atoms with Gasteiger partial charge < -0.3 is 10.2 Å². The first-order chi connectivity index (χ1) is 8.58. The van der Waals surface area contributed by atoms with Crippen LogP contribution in [0.5, 0.6) is 0 Å². The summed E-state index contributed by atoms with van der Waals surface area (Å²) in [5, 5.41) is 0. The Labute approximate surface area is 108 Å². The molecule has 1 atom stereocenters. The topological polar surface area (TPSA) is 73.1 Å². The van der Waals surface area contributed by atoms with Crippen molar-refractivity contribution in [3.8, 4) is 0 Å². The van der Waals surface area contributed by atoms with Crippen LogP contribution in [0.15, 0.2) is 0 Å². The van der Waals surface area contributed by atoms with Gasteiger partial charge in [-0.3, -0.25) is 0 Å². The quantitative estimate of drug-likeness (QED) is 0.619. The highest BCUT2D eigenvalue weighted by atomic mass is 16.5. The number of aromatic nitrogens is 2. The molecule has 0 amide bonds. The van der Waals surface area contributed by atoms with E-state index < -0.39 is 0 Å². The van der Waals surface area contributed by atoms with E-state index in [1.807, 2.05) is 6.92 Å². The lowest BCUT2D eigenvalue weighted by atomic mass is 10.0. The number of nitrogen functional groups attached to an aromatic ring is 1. The standard InChI is InChI=1S/C13H22N4O/c1-7(2)10-8(3)15-13(16-12(10)17-14)11(18-4)9-5-6-9/h7,9,11H,5-6,14H2,1-4H3,(H,15,16,17). The van der Waals surface area contributed by atoms with Crippen molar-refractivity contribution in [3.63, 3.8) is 0 Å². The summed E-state index contributed by atoms with van der Waals surface area (Å²) >= 11 is 0. The number of methoxy groups -OCH3 is 1. The number of nitrogens with zero attached hydrogens (tertiary/aromatic N) is 2. The minimum absolute atomic E-state index is 0.00277. The Morgan fingerprint density at radius 2 is 2.00 bits per heavy atom. The molecule has 18 heavy (non-hydrogen) atoms. The van der Waals surface area contributed by atoms with Crippen LogP contribution in [0, 0.1) is 12.8 Å². The molecule has 1 aliphatic rings. The van der Waals surface area contributed by atoms with E-state index >= 15 is 0 Å². The molecule has 0 bridgehead atoms. The Morgan fingerprint density at radius 3 is 2.44 bits per heavy atom. The molecule has 1 aromatic rings. The van der Waals surface area contributed by atoms with Crippen LogP contribution in [0.3, 0.4) is 0 Å². The van der Waals surface area contributed by atoms with E-state index in [0.29, 0.717) is 11.8 Å². The van der Waals surface area contributed by atoms with Crippen LogP contribution in [0.2, 0.25) is 0 Å². The van der Waals surface area contributed by atoms with Crippen molar-refractivity contribution >= 4 is 5.82 Å². The highest BCUT2D eigenvalue weighted by Crippen LogP contribution is 2.42. The molecule has 5 nitrogen and oxygen atoms in total. The maximum Gasteiger partial charge on any atom is 0.160 e. The molecular formula is C13H22N4O. The number of nitrogens with two attached hydrogens (primary N) is 1. The Morgan fingerprint density at radius 1 is 1.33 bits per heavy atom. The smallest absolute Gasteiger partial charge is 0.160 e. The Bertz CT molecular complexity index is 429. The molecule has 1 aliphatic carbocycles. The van der Waals surface area contributed by atoms with Gasteiger partial charge in [0.2, 0.25) is 0 Å². The van der Waals surface area contributed by atoms with Crippen molar-refractivity contribution in [1.29, 1.82) is 0 Å². The fourth-order valence-electron chi connectivity index (χ4n) is 2.44. The predicted octanol–water partition coefficient (Wildman–Crippen LogP) is 2.29. The molecule has 5 heteroatoms. The minimum Gasteiger partial charge on any atom is -0.373 e. The van der Waals surface area contributed by atoms with Gasteiger partial charge in [0.15, 0.2) is 5.82 Å². The van der Waals surface area contributed by atoms with E-state index in [-0.39, 0.29) is 6.10 Å². The van der Waals surface area contributed by atoms with Gasteiger partial charge in [0.05, 0.1) is 0 Å². The van der Waals surface area contributed by atoms with Gasteiger partial charge >= 0.3 is 0 Å². The zero-order valence-electron chi connectivity index (χ0n) is 11.5. The summed E-state index contributed by atoms with van der Waals surface area (Å²) in [5.41, 5.74) is 4.74. The van der Waals surface area contributed by atoms with Gasteiger partial charge in [-0.2, -0.15) is 0 Å². The maximum absolute atomic E-state index is 5.58. The summed E-state index contributed by atoms with van der Waals surface area (Å²) in [6.45, 7) is 6.22. The number of hydrazine groups is 1. The second kappa shape index (κ2) is 5.20. The second-order valence-corrected chi connectivity index (χ2v) is 5.22. The highest BCUT2D eigenvalue weighted by Gasteiger charge is 2.35. The number of aryl methyl sites for hydroxylation is 1. The molecule has 0 radical (unpaired) electrons. The molecular weight excluding hydrogens is 228 g/mol. The van der Waals surface area contributed by atoms with Gasteiger partial charge in [-0.1, -0.05) is 13.8 Å². The predicted molar refractivity (Wildman–Crippen MR) is 71.1 cm³/mol. The lowest BCUT2D eigenvalue weighted by Crippen LogP contribution is -2.18. The second-order valence-electron chi connectivity index (χ2n) is 5.22. The first-order valence-electron chi connectivity index (χ1n) is 6.46. The van der Waals surface area contributed by atoms with E-state index in [1.165, 1.54) is 12.8 Å². The summed E-state index contributed by atoms with van der Waals surface area (Å²) < 4.78 is 5.52. The highest BCUT2D eigenvalue weighted by molar-refractivity contribution is 5.47. The van der Waals surface area contributed by atoms with E-state index in [0.717, 1.165) is 22.9 Å². The van der Waals surface area contributed by atoms with Gasteiger partial charge in [0.1, 0.15) is 11.9 Å². The van der Waals surface area contributed by atoms with Crippen LogP contribution in [-0.4, -0.2) is 17.1 Å². The van der Waals surface area contributed by atoms with Crippen LogP contribution in [0.1, 0.15) is 55.8 Å². The van der Waals surface area contributed by atoms with Gasteiger partial charge in [-0.25, -0.2) is 15.8 Å². The normalized spacial score (nSPS) is 17.0. The van der Waals surface area contributed by atoms with Crippen LogP contribution in [-0.2, 0) is 4.74 Å². The first kappa shape index (κ1) is 13.2. The third kappa shape index (κ3) is 2.47. The minimum atomic E-state index is -0.00277. The summed E-state index contributed by atoms with van der Waals surface area (Å²) in [5.74, 6) is 7.94. The maximum atomic E-state index is 5.58. The van der Waals surface area contributed by atoms with Gasteiger partial charge in [0, 0.05) is 18.4 Å². The van der Waals surface area contributed by atoms with Gasteiger partial charge in [-0.15, -0.1) is 0 Å². The monoisotopic (exact) mass is 250 g/mol. The molecule has 1 unspecified atom stereocenters. The van der Waals surface area contributed by atoms with Gasteiger partial charge in [0.25, 0.3) is 0 Å². The third-order valence-electron chi connectivity index (χ3n) is 3.43. The van der Waals surface area contributed by atoms with E-state index in [2.05, 4.69) is 29.2 Å². The molecule has 1 aromatic heterocycles. The van der Waals surface area contributed by atoms with Crippen LogP contribution < -0.4 is 11.3 Å². The molecule has 3 N–H and O–H groups in total. The molecule has 1 heterocycles. The largest absolute Gasteiger partial charge is 0.373 e. The average molecular weight is 250 g/mol. The molecule has 0 spiro atoms.